The summed E-state index contributed by atoms with van der Waals surface area (Å²) in [5, 5.41) is 0. The summed E-state index contributed by atoms with van der Waals surface area (Å²) in [4.78, 5) is 2.62. The van der Waals surface area contributed by atoms with Gasteiger partial charge in [0.2, 0.25) is 0 Å². The molecule has 94 valence electrons. The highest BCUT2D eigenvalue weighted by molar-refractivity contribution is 4.95. The van der Waals surface area contributed by atoms with Gasteiger partial charge in [-0.15, -0.1) is 0 Å². The summed E-state index contributed by atoms with van der Waals surface area (Å²) in [5.74, 6) is 0.933. The minimum Gasteiger partial charge on any atom is -0.379 e. The van der Waals surface area contributed by atoms with Crippen molar-refractivity contribution in [2.24, 2.45) is 11.7 Å². The third-order valence-electron chi connectivity index (χ3n) is 4.56. The second kappa shape index (κ2) is 5.48. The molecular formula is C13H26N2O. The minimum atomic E-state index is 0.169. The van der Waals surface area contributed by atoms with Gasteiger partial charge in [-0.05, 0) is 44.7 Å². The largest absolute Gasteiger partial charge is 0.379 e. The van der Waals surface area contributed by atoms with Crippen LogP contribution in [0.5, 0.6) is 0 Å². The molecule has 0 amide bonds. The molecule has 16 heavy (non-hydrogen) atoms. The van der Waals surface area contributed by atoms with Crippen molar-refractivity contribution in [2.75, 3.05) is 32.8 Å². The van der Waals surface area contributed by atoms with Gasteiger partial charge in [-0.1, -0.05) is 13.3 Å². The van der Waals surface area contributed by atoms with E-state index in [1.54, 1.807) is 0 Å². The van der Waals surface area contributed by atoms with E-state index in [9.17, 15) is 0 Å². The second-order valence-corrected chi connectivity index (χ2v) is 5.42. The summed E-state index contributed by atoms with van der Waals surface area (Å²) >= 11 is 0. The molecule has 2 fully saturated rings. The van der Waals surface area contributed by atoms with E-state index >= 15 is 0 Å². The maximum absolute atomic E-state index is 6.00. The number of hydrogen-bond acceptors (Lipinski definition) is 3. The molecule has 2 N–H and O–H groups in total. The molecule has 2 aliphatic rings. The number of rotatable bonds is 3. The summed E-state index contributed by atoms with van der Waals surface area (Å²) in [6.45, 7) is 7.25. The first-order valence-corrected chi connectivity index (χ1v) is 6.83. The highest BCUT2D eigenvalue weighted by atomic mass is 16.5. The predicted octanol–water partition coefficient (Wildman–Crippen LogP) is 1.62. The van der Waals surface area contributed by atoms with Crippen LogP contribution in [-0.2, 0) is 4.74 Å². The Morgan fingerprint density at radius 1 is 1.38 bits per heavy atom. The van der Waals surface area contributed by atoms with Crippen molar-refractivity contribution in [3.05, 3.63) is 0 Å². The fraction of sp³-hybridized carbons (Fsp3) is 1.00. The normalized spacial score (nSPS) is 37.5. The average Bonchev–Trinajstić information content (AvgIpc) is 2.68. The van der Waals surface area contributed by atoms with Crippen LogP contribution in [0.2, 0.25) is 0 Å². The van der Waals surface area contributed by atoms with Crippen molar-refractivity contribution in [2.45, 2.75) is 44.6 Å². The SMILES string of the molecule is CCC1CCCN(C2(CN)CCOC2)CC1. The maximum Gasteiger partial charge on any atom is 0.0663 e. The smallest absolute Gasteiger partial charge is 0.0663 e. The molecule has 2 unspecified atom stereocenters. The van der Waals surface area contributed by atoms with Gasteiger partial charge in [-0.3, -0.25) is 4.90 Å². The Balaban J connectivity index is 1.97. The highest BCUT2D eigenvalue weighted by Crippen LogP contribution is 2.30. The van der Waals surface area contributed by atoms with Crippen molar-refractivity contribution in [1.29, 1.82) is 0 Å². The molecule has 2 atom stereocenters. The maximum atomic E-state index is 6.00. The first-order chi connectivity index (χ1) is 7.80. The molecule has 2 rings (SSSR count). The molecular weight excluding hydrogens is 200 g/mol. The number of hydrogen-bond donors (Lipinski definition) is 1. The van der Waals surface area contributed by atoms with Gasteiger partial charge in [-0.25, -0.2) is 0 Å². The molecule has 0 radical (unpaired) electrons. The van der Waals surface area contributed by atoms with Crippen LogP contribution >= 0.6 is 0 Å². The molecule has 0 bridgehead atoms. The Kier molecular flexibility index (Phi) is 4.22. The number of nitrogens with zero attached hydrogens (tertiary/aromatic N) is 1. The van der Waals surface area contributed by atoms with E-state index < -0.39 is 0 Å². The summed E-state index contributed by atoms with van der Waals surface area (Å²) in [7, 11) is 0. The lowest BCUT2D eigenvalue weighted by Gasteiger charge is -2.38. The average molecular weight is 226 g/mol. The lowest BCUT2D eigenvalue weighted by molar-refractivity contribution is 0.0738. The monoisotopic (exact) mass is 226 g/mol. The van der Waals surface area contributed by atoms with Crippen LogP contribution in [-0.4, -0.2) is 43.3 Å². The lowest BCUT2D eigenvalue weighted by Crippen LogP contribution is -2.54. The minimum absolute atomic E-state index is 0.169. The van der Waals surface area contributed by atoms with Crippen molar-refractivity contribution in [3.63, 3.8) is 0 Å². The molecule has 2 heterocycles. The van der Waals surface area contributed by atoms with Gasteiger partial charge >= 0.3 is 0 Å². The Hall–Kier alpha value is -0.120. The van der Waals surface area contributed by atoms with Gasteiger partial charge < -0.3 is 10.5 Å². The van der Waals surface area contributed by atoms with E-state index in [2.05, 4.69) is 11.8 Å². The molecule has 2 saturated heterocycles. The predicted molar refractivity (Wildman–Crippen MR) is 66.4 cm³/mol. The van der Waals surface area contributed by atoms with E-state index in [0.29, 0.717) is 0 Å². The van der Waals surface area contributed by atoms with E-state index in [-0.39, 0.29) is 5.54 Å². The molecule has 3 nitrogen and oxygen atoms in total. The zero-order chi connectivity index (χ0) is 11.4. The molecule has 0 aliphatic carbocycles. The molecule has 0 spiro atoms. The summed E-state index contributed by atoms with van der Waals surface area (Å²) in [5.41, 5.74) is 6.17. The van der Waals surface area contributed by atoms with Crippen molar-refractivity contribution >= 4 is 0 Å². The van der Waals surface area contributed by atoms with Crippen molar-refractivity contribution in [1.82, 2.24) is 4.90 Å². The third kappa shape index (κ3) is 2.41. The van der Waals surface area contributed by atoms with Gasteiger partial charge in [-0.2, -0.15) is 0 Å². The van der Waals surface area contributed by atoms with E-state index in [0.717, 1.165) is 32.1 Å². The first kappa shape index (κ1) is 12.3. The fourth-order valence-electron chi connectivity index (χ4n) is 3.18. The van der Waals surface area contributed by atoms with Gasteiger partial charge in [0.05, 0.1) is 12.1 Å². The topological polar surface area (TPSA) is 38.5 Å². The van der Waals surface area contributed by atoms with Gasteiger partial charge in [0.15, 0.2) is 0 Å². The molecule has 0 saturated carbocycles. The van der Waals surface area contributed by atoms with Crippen molar-refractivity contribution < 1.29 is 4.74 Å². The van der Waals surface area contributed by atoms with Crippen LogP contribution < -0.4 is 5.73 Å². The number of likely N-dealkylation sites (tertiary alicyclic amines) is 1. The van der Waals surface area contributed by atoms with Crippen LogP contribution in [0.15, 0.2) is 0 Å². The van der Waals surface area contributed by atoms with Crippen LogP contribution in [0.1, 0.15) is 39.0 Å². The van der Waals surface area contributed by atoms with Crippen molar-refractivity contribution in [3.8, 4) is 0 Å². The molecule has 0 aromatic rings. The van der Waals surface area contributed by atoms with E-state index in [4.69, 9.17) is 10.5 Å². The van der Waals surface area contributed by atoms with Crippen LogP contribution in [0.3, 0.4) is 0 Å². The van der Waals surface area contributed by atoms with Gasteiger partial charge in [0.1, 0.15) is 0 Å². The molecule has 2 aliphatic heterocycles. The Morgan fingerprint density at radius 2 is 2.25 bits per heavy atom. The molecule has 3 heteroatoms. The number of ether oxygens (including phenoxy) is 1. The Labute approximate surface area is 99.3 Å². The first-order valence-electron chi connectivity index (χ1n) is 6.83. The lowest BCUT2D eigenvalue weighted by atomic mass is 9.95. The molecule has 0 aromatic heterocycles. The zero-order valence-electron chi connectivity index (χ0n) is 10.6. The third-order valence-corrected chi connectivity index (χ3v) is 4.56. The quantitative estimate of drug-likeness (QED) is 0.794. The highest BCUT2D eigenvalue weighted by Gasteiger charge is 2.39. The van der Waals surface area contributed by atoms with E-state index in [1.807, 2.05) is 0 Å². The molecule has 0 aromatic carbocycles. The van der Waals surface area contributed by atoms with Gasteiger partial charge in [0, 0.05) is 13.2 Å². The second-order valence-electron chi connectivity index (χ2n) is 5.42. The standard InChI is InChI=1S/C13H26N2O/c1-2-12-4-3-7-15(8-5-12)13(10-14)6-9-16-11-13/h12H,2-11,14H2,1H3. The van der Waals surface area contributed by atoms with Crippen LogP contribution in [0.4, 0.5) is 0 Å². The fourth-order valence-corrected chi connectivity index (χ4v) is 3.18. The zero-order valence-corrected chi connectivity index (χ0v) is 10.6. The van der Waals surface area contributed by atoms with E-state index in [1.165, 1.54) is 38.8 Å². The summed E-state index contributed by atoms with van der Waals surface area (Å²) in [6.07, 6.45) is 6.53. The summed E-state index contributed by atoms with van der Waals surface area (Å²) in [6, 6.07) is 0. The number of nitrogens with two attached hydrogens (primary N) is 1. The summed E-state index contributed by atoms with van der Waals surface area (Å²) < 4.78 is 5.58. The Morgan fingerprint density at radius 3 is 2.88 bits per heavy atom. The van der Waals surface area contributed by atoms with Crippen LogP contribution in [0, 0.1) is 5.92 Å². The van der Waals surface area contributed by atoms with Crippen LogP contribution in [0.25, 0.3) is 0 Å². The Bertz CT molecular complexity index is 214. The van der Waals surface area contributed by atoms with Gasteiger partial charge in [0.25, 0.3) is 0 Å².